The van der Waals surface area contributed by atoms with Crippen molar-refractivity contribution >= 4 is 27.0 Å². The summed E-state index contributed by atoms with van der Waals surface area (Å²) >= 11 is 3.47. The van der Waals surface area contributed by atoms with Crippen molar-refractivity contribution in [1.29, 1.82) is 0 Å². The molecule has 5 aromatic rings. The Balaban J connectivity index is 1.79. The first-order valence-corrected chi connectivity index (χ1v) is 10.3. The van der Waals surface area contributed by atoms with Gasteiger partial charge in [0.25, 0.3) is 5.56 Å². The Hall–Kier alpha value is -3.44. The van der Waals surface area contributed by atoms with Crippen molar-refractivity contribution in [3.8, 4) is 33.9 Å². The smallest absolute Gasteiger partial charge is 0.280 e. The van der Waals surface area contributed by atoms with Gasteiger partial charge in [0.15, 0.2) is 11.5 Å². The third kappa shape index (κ3) is 3.17. The molecule has 0 unspecified atom stereocenters. The highest BCUT2D eigenvalue weighted by atomic mass is 79.9. The SMILES string of the molecule is Cn1c(=O)c(-c2oc(-c3ccc(Br)cc3)cc2-c2ccccc2)nc2ccccc21. The summed E-state index contributed by atoms with van der Waals surface area (Å²) in [6.07, 6.45) is 0. The average molecular weight is 457 g/mol. The first-order chi connectivity index (χ1) is 14.6. The molecular weight excluding hydrogens is 440 g/mol. The van der Waals surface area contributed by atoms with Crippen molar-refractivity contribution in [2.45, 2.75) is 0 Å². The Bertz CT molecular complexity index is 1420. The molecular formula is C25H17BrN2O2. The maximum absolute atomic E-state index is 13.2. The van der Waals surface area contributed by atoms with Gasteiger partial charge in [-0.05, 0) is 35.9 Å². The van der Waals surface area contributed by atoms with Crippen molar-refractivity contribution in [3.05, 3.63) is 99.8 Å². The number of aryl methyl sites for hydroxylation is 1. The van der Waals surface area contributed by atoms with E-state index in [4.69, 9.17) is 4.42 Å². The molecule has 0 bridgehead atoms. The molecule has 0 fully saturated rings. The molecule has 0 aliphatic heterocycles. The molecule has 5 heteroatoms. The Morgan fingerprint density at radius 2 is 1.57 bits per heavy atom. The molecule has 146 valence electrons. The van der Waals surface area contributed by atoms with E-state index in [1.54, 1.807) is 11.6 Å². The molecule has 2 heterocycles. The molecule has 0 atom stereocenters. The number of rotatable bonds is 3. The van der Waals surface area contributed by atoms with E-state index in [1.165, 1.54) is 0 Å². The molecule has 0 aliphatic rings. The van der Waals surface area contributed by atoms with Gasteiger partial charge in [-0.1, -0.05) is 70.5 Å². The highest BCUT2D eigenvalue weighted by Crippen LogP contribution is 2.37. The van der Waals surface area contributed by atoms with Gasteiger partial charge in [-0.15, -0.1) is 0 Å². The summed E-state index contributed by atoms with van der Waals surface area (Å²) in [5.41, 5.74) is 4.38. The lowest BCUT2D eigenvalue weighted by atomic mass is 10.0. The molecule has 0 saturated carbocycles. The van der Waals surface area contributed by atoms with E-state index in [0.29, 0.717) is 17.2 Å². The number of furan rings is 1. The fourth-order valence-electron chi connectivity index (χ4n) is 3.58. The molecule has 0 radical (unpaired) electrons. The summed E-state index contributed by atoms with van der Waals surface area (Å²) in [5, 5.41) is 0. The Labute approximate surface area is 181 Å². The van der Waals surface area contributed by atoms with Crippen LogP contribution in [0.25, 0.3) is 44.9 Å². The van der Waals surface area contributed by atoms with Crippen molar-refractivity contribution in [3.63, 3.8) is 0 Å². The number of hydrogen-bond acceptors (Lipinski definition) is 3. The van der Waals surface area contributed by atoms with Gasteiger partial charge in [-0.25, -0.2) is 4.98 Å². The fourth-order valence-corrected chi connectivity index (χ4v) is 3.85. The van der Waals surface area contributed by atoms with Gasteiger partial charge in [-0.3, -0.25) is 4.79 Å². The normalized spacial score (nSPS) is 11.1. The molecule has 4 nitrogen and oxygen atoms in total. The van der Waals surface area contributed by atoms with Crippen LogP contribution in [0.5, 0.6) is 0 Å². The summed E-state index contributed by atoms with van der Waals surface area (Å²) < 4.78 is 8.89. The van der Waals surface area contributed by atoms with Crippen LogP contribution in [0, 0.1) is 0 Å². The van der Waals surface area contributed by atoms with E-state index in [-0.39, 0.29) is 5.56 Å². The molecule has 30 heavy (non-hydrogen) atoms. The van der Waals surface area contributed by atoms with Gasteiger partial charge in [0.05, 0.1) is 11.0 Å². The van der Waals surface area contributed by atoms with E-state index >= 15 is 0 Å². The van der Waals surface area contributed by atoms with E-state index in [9.17, 15) is 4.79 Å². The summed E-state index contributed by atoms with van der Waals surface area (Å²) in [5.74, 6) is 1.17. The van der Waals surface area contributed by atoms with Crippen molar-refractivity contribution in [2.75, 3.05) is 0 Å². The number of aromatic nitrogens is 2. The summed E-state index contributed by atoms with van der Waals surface area (Å²) in [4.78, 5) is 17.9. The average Bonchev–Trinajstić information content (AvgIpc) is 3.22. The summed E-state index contributed by atoms with van der Waals surface area (Å²) in [6.45, 7) is 0. The van der Waals surface area contributed by atoms with Gasteiger partial charge in [0.2, 0.25) is 0 Å². The van der Waals surface area contributed by atoms with Crippen molar-refractivity contribution < 1.29 is 4.42 Å². The zero-order valence-corrected chi connectivity index (χ0v) is 17.8. The molecule has 3 aromatic carbocycles. The van der Waals surface area contributed by atoms with Crippen LogP contribution in [-0.4, -0.2) is 9.55 Å². The van der Waals surface area contributed by atoms with Gasteiger partial charge in [-0.2, -0.15) is 0 Å². The van der Waals surface area contributed by atoms with Crippen LogP contribution in [-0.2, 0) is 7.05 Å². The summed E-state index contributed by atoms with van der Waals surface area (Å²) in [6, 6.07) is 27.4. The predicted octanol–water partition coefficient (Wildman–Crippen LogP) is 6.29. The minimum atomic E-state index is -0.192. The van der Waals surface area contributed by atoms with Crippen LogP contribution < -0.4 is 5.56 Å². The van der Waals surface area contributed by atoms with Crippen LogP contribution in [0.1, 0.15) is 0 Å². The van der Waals surface area contributed by atoms with Gasteiger partial charge >= 0.3 is 0 Å². The summed E-state index contributed by atoms with van der Waals surface area (Å²) in [7, 11) is 1.76. The van der Waals surface area contributed by atoms with Gasteiger partial charge < -0.3 is 8.98 Å². The topological polar surface area (TPSA) is 48.0 Å². The number of halogens is 1. The van der Waals surface area contributed by atoms with Crippen LogP contribution in [0.2, 0.25) is 0 Å². The number of hydrogen-bond donors (Lipinski definition) is 0. The number of nitrogens with zero attached hydrogens (tertiary/aromatic N) is 2. The zero-order chi connectivity index (χ0) is 20.7. The van der Waals surface area contributed by atoms with Crippen LogP contribution in [0.4, 0.5) is 0 Å². The number of benzene rings is 3. The van der Waals surface area contributed by atoms with Gasteiger partial charge in [0, 0.05) is 22.6 Å². The lowest BCUT2D eigenvalue weighted by molar-refractivity contribution is 0.594. The first kappa shape index (κ1) is 18.6. The first-order valence-electron chi connectivity index (χ1n) is 9.53. The zero-order valence-electron chi connectivity index (χ0n) is 16.2. The molecule has 2 aromatic heterocycles. The maximum Gasteiger partial charge on any atom is 0.280 e. The number of fused-ring (bicyclic) bond motifs is 1. The van der Waals surface area contributed by atoms with Crippen molar-refractivity contribution in [1.82, 2.24) is 9.55 Å². The molecule has 0 amide bonds. The molecule has 0 saturated heterocycles. The Morgan fingerprint density at radius 3 is 2.33 bits per heavy atom. The largest absolute Gasteiger partial charge is 0.454 e. The highest BCUT2D eigenvalue weighted by molar-refractivity contribution is 9.10. The predicted molar refractivity (Wildman–Crippen MR) is 123 cm³/mol. The Kier molecular flexibility index (Phi) is 4.60. The Morgan fingerprint density at radius 1 is 0.867 bits per heavy atom. The second kappa shape index (κ2) is 7.43. The number of para-hydroxylation sites is 2. The molecule has 5 rings (SSSR count). The second-order valence-corrected chi connectivity index (χ2v) is 7.96. The second-order valence-electron chi connectivity index (χ2n) is 7.04. The van der Waals surface area contributed by atoms with Crippen molar-refractivity contribution in [2.24, 2.45) is 7.05 Å². The maximum atomic E-state index is 13.2. The standard InChI is InChI=1S/C25H17BrN2O2/c1-28-21-10-6-5-9-20(21)27-23(25(28)29)24-19(16-7-3-2-4-8-16)15-22(30-24)17-11-13-18(26)14-12-17/h2-15H,1H3. The third-order valence-electron chi connectivity index (χ3n) is 5.14. The van der Waals surface area contributed by atoms with Crippen LogP contribution >= 0.6 is 15.9 Å². The van der Waals surface area contributed by atoms with E-state index in [1.807, 2.05) is 84.9 Å². The van der Waals surface area contributed by atoms with E-state index in [2.05, 4.69) is 20.9 Å². The molecule has 0 aliphatic carbocycles. The van der Waals surface area contributed by atoms with E-state index < -0.39 is 0 Å². The lowest BCUT2D eigenvalue weighted by Crippen LogP contribution is -2.20. The van der Waals surface area contributed by atoms with Crippen LogP contribution in [0.15, 0.2) is 98.6 Å². The molecule has 0 N–H and O–H groups in total. The quantitative estimate of drug-likeness (QED) is 0.320. The molecule has 0 spiro atoms. The fraction of sp³-hybridized carbons (Fsp3) is 0.0400. The minimum absolute atomic E-state index is 0.192. The highest BCUT2D eigenvalue weighted by Gasteiger charge is 2.21. The van der Waals surface area contributed by atoms with E-state index in [0.717, 1.165) is 32.2 Å². The lowest BCUT2D eigenvalue weighted by Gasteiger charge is -2.08. The third-order valence-corrected chi connectivity index (χ3v) is 5.67. The van der Waals surface area contributed by atoms with Gasteiger partial charge in [0.1, 0.15) is 5.76 Å². The van der Waals surface area contributed by atoms with Crippen LogP contribution in [0.3, 0.4) is 0 Å². The monoisotopic (exact) mass is 456 g/mol. The minimum Gasteiger partial charge on any atom is -0.454 e.